The normalized spacial score (nSPS) is 11.3. The Balaban J connectivity index is 2.64. The highest BCUT2D eigenvalue weighted by atomic mass is 19.4. The third-order valence-corrected chi connectivity index (χ3v) is 2.95. The van der Waals surface area contributed by atoms with Crippen molar-refractivity contribution in [1.82, 2.24) is 4.98 Å². The number of nitrogens with zero attached hydrogens (tertiary/aromatic N) is 1. The van der Waals surface area contributed by atoms with E-state index in [1.807, 2.05) is 13.0 Å². The van der Waals surface area contributed by atoms with Crippen molar-refractivity contribution in [3.8, 4) is 17.3 Å². The number of aryl methyl sites for hydroxylation is 1. The molecule has 0 amide bonds. The van der Waals surface area contributed by atoms with Crippen LogP contribution in [0.3, 0.4) is 0 Å². The number of hydrogen-bond donors (Lipinski definition) is 1. The molecule has 98 valence electrons. The second-order valence-electron chi connectivity index (χ2n) is 4.10. The first-order valence-corrected chi connectivity index (χ1v) is 5.75. The lowest BCUT2D eigenvalue weighted by Crippen LogP contribution is -2.06. The topological polar surface area (TPSA) is 39.6 Å². The van der Waals surface area contributed by atoms with Crippen molar-refractivity contribution in [2.45, 2.75) is 19.5 Å². The average molecular weight is 264 g/mol. The summed E-state index contributed by atoms with van der Waals surface area (Å²) in [6.07, 6.45) is -2.24. The first kappa shape index (κ1) is 13.2. The molecular formula is C14H11F3N2. The molecule has 0 radical (unpaired) electrons. The highest BCUT2D eigenvalue weighted by Gasteiger charge is 2.31. The molecule has 0 fully saturated rings. The van der Waals surface area contributed by atoms with Crippen molar-refractivity contribution < 1.29 is 13.2 Å². The zero-order valence-corrected chi connectivity index (χ0v) is 10.2. The van der Waals surface area contributed by atoms with Crippen molar-refractivity contribution in [2.75, 3.05) is 0 Å². The van der Waals surface area contributed by atoms with Gasteiger partial charge in [0.15, 0.2) is 0 Å². The maximum absolute atomic E-state index is 12.8. The predicted octanol–water partition coefficient (Wildman–Crippen LogP) is 4.13. The first-order valence-electron chi connectivity index (χ1n) is 5.75. The highest BCUT2D eigenvalue weighted by molar-refractivity contribution is 5.71. The number of aromatic nitrogens is 1. The second-order valence-corrected chi connectivity index (χ2v) is 4.10. The third kappa shape index (κ3) is 2.48. The molecule has 5 heteroatoms. The Bertz CT molecular complexity index is 633. The Labute approximate surface area is 108 Å². The van der Waals surface area contributed by atoms with Crippen LogP contribution in [0.15, 0.2) is 30.5 Å². The monoisotopic (exact) mass is 264 g/mol. The van der Waals surface area contributed by atoms with Crippen LogP contribution in [-0.4, -0.2) is 4.98 Å². The minimum Gasteiger partial charge on any atom is -0.360 e. The van der Waals surface area contributed by atoms with Crippen molar-refractivity contribution in [3.63, 3.8) is 0 Å². The van der Waals surface area contributed by atoms with E-state index in [-0.39, 0.29) is 0 Å². The van der Waals surface area contributed by atoms with Gasteiger partial charge >= 0.3 is 6.18 Å². The molecule has 0 bridgehead atoms. The van der Waals surface area contributed by atoms with Crippen molar-refractivity contribution >= 4 is 0 Å². The Morgan fingerprint density at radius 3 is 2.58 bits per heavy atom. The summed E-state index contributed by atoms with van der Waals surface area (Å²) in [6, 6.07) is 7.14. The first-order chi connectivity index (χ1) is 8.97. The number of nitrogens with one attached hydrogen (secondary N) is 1. The zero-order chi connectivity index (χ0) is 14.0. The minimum atomic E-state index is -4.39. The van der Waals surface area contributed by atoms with Crippen LogP contribution in [0.2, 0.25) is 0 Å². The minimum absolute atomic E-state index is 0.342. The molecule has 2 aromatic rings. The van der Waals surface area contributed by atoms with Gasteiger partial charge in [-0.05, 0) is 30.2 Å². The Kier molecular flexibility index (Phi) is 3.34. The van der Waals surface area contributed by atoms with Gasteiger partial charge in [0.2, 0.25) is 0 Å². The van der Waals surface area contributed by atoms with Crippen LogP contribution in [0, 0.1) is 11.3 Å². The van der Waals surface area contributed by atoms with E-state index in [9.17, 15) is 13.2 Å². The van der Waals surface area contributed by atoms with Gasteiger partial charge in [0.1, 0.15) is 6.07 Å². The van der Waals surface area contributed by atoms with E-state index in [1.54, 1.807) is 12.3 Å². The van der Waals surface area contributed by atoms with Gasteiger partial charge < -0.3 is 4.98 Å². The van der Waals surface area contributed by atoms with Gasteiger partial charge in [0.25, 0.3) is 0 Å². The van der Waals surface area contributed by atoms with E-state index < -0.39 is 11.7 Å². The van der Waals surface area contributed by atoms with Gasteiger partial charge in [-0.3, -0.25) is 0 Å². The highest BCUT2D eigenvalue weighted by Crippen LogP contribution is 2.34. The molecule has 0 atom stereocenters. The number of halogens is 3. The number of alkyl halides is 3. The molecule has 0 aliphatic rings. The molecule has 19 heavy (non-hydrogen) atoms. The predicted molar refractivity (Wildman–Crippen MR) is 65.3 cm³/mol. The van der Waals surface area contributed by atoms with E-state index in [4.69, 9.17) is 5.26 Å². The number of H-pyrrole nitrogens is 1. The summed E-state index contributed by atoms with van der Waals surface area (Å²) < 4.78 is 38.3. The molecule has 0 spiro atoms. The Morgan fingerprint density at radius 1 is 1.26 bits per heavy atom. The lowest BCUT2D eigenvalue weighted by atomic mass is 9.97. The zero-order valence-electron chi connectivity index (χ0n) is 10.2. The van der Waals surface area contributed by atoms with Gasteiger partial charge in [-0.1, -0.05) is 13.0 Å². The second kappa shape index (κ2) is 4.81. The standard InChI is InChI=1S/C14H11F3N2/c1-2-9-3-4-11(14(15,16)17)7-12(9)13-10(8-18)5-6-19-13/h3-7,19H,2H2,1H3. The molecule has 1 aromatic heterocycles. The fraction of sp³-hybridized carbons (Fsp3) is 0.214. The number of aromatic amines is 1. The van der Waals surface area contributed by atoms with Gasteiger partial charge in [0, 0.05) is 11.8 Å². The van der Waals surface area contributed by atoms with Crippen molar-refractivity contribution in [3.05, 3.63) is 47.2 Å². The average Bonchev–Trinajstić information content (AvgIpc) is 2.85. The number of nitriles is 1. The summed E-state index contributed by atoms with van der Waals surface area (Å²) in [6.45, 7) is 1.86. The molecule has 0 saturated heterocycles. The molecule has 1 heterocycles. The number of benzene rings is 1. The van der Waals surface area contributed by atoms with Crippen LogP contribution < -0.4 is 0 Å². The lowest BCUT2D eigenvalue weighted by molar-refractivity contribution is -0.137. The molecule has 0 aliphatic carbocycles. The molecule has 0 unspecified atom stereocenters. The summed E-state index contributed by atoms with van der Waals surface area (Å²) in [5, 5.41) is 8.97. The fourth-order valence-electron chi connectivity index (χ4n) is 1.98. The van der Waals surface area contributed by atoms with E-state index in [1.165, 1.54) is 6.07 Å². The van der Waals surface area contributed by atoms with Crippen LogP contribution >= 0.6 is 0 Å². The number of hydrogen-bond acceptors (Lipinski definition) is 1. The van der Waals surface area contributed by atoms with Gasteiger partial charge in [-0.15, -0.1) is 0 Å². The molecule has 0 saturated carbocycles. The Hall–Kier alpha value is -2.22. The van der Waals surface area contributed by atoms with E-state index >= 15 is 0 Å². The molecule has 0 aliphatic heterocycles. The van der Waals surface area contributed by atoms with E-state index in [0.29, 0.717) is 23.2 Å². The van der Waals surface area contributed by atoms with E-state index in [0.717, 1.165) is 17.7 Å². The summed E-state index contributed by atoms with van der Waals surface area (Å²) in [5.41, 5.74) is 1.27. The van der Waals surface area contributed by atoms with Crippen molar-refractivity contribution in [1.29, 1.82) is 5.26 Å². The SMILES string of the molecule is CCc1ccc(C(F)(F)F)cc1-c1[nH]ccc1C#N. The van der Waals surface area contributed by atoms with Crippen LogP contribution in [-0.2, 0) is 12.6 Å². The van der Waals surface area contributed by atoms with Crippen molar-refractivity contribution in [2.24, 2.45) is 0 Å². The lowest BCUT2D eigenvalue weighted by Gasteiger charge is -2.12. The molecule has 2 nitrogen and oxygen atoms in total. The quantitative estimate of drug-likeness (QED) is 0.870. The van der Waals surface area contributed by atoms with Gasteiger partial charge in [0.05, 0.1) is 16.8 Å². The molecular weight excluding hydrogens is 253 g/mol. The third-order valence-electron chi connectivity index (χ3n) is 2.95. The Morgan fingerprint density at radius 2 is 2.00 bits per heavy atom. The summed E-state index contributed by atoms with van der Waals surface area (Å²) in [5.74, 6) is 0. The molecule has 2 rings (SSSR count). The van der Waals surface area contributed by atoms with Crippen LogP contribution in [0.25, 0.3) is 11.3 Å². The summed E-state index contributed by atoms with van der Waals surface area (Å²) in [4.78, 5) is 2.84. The smallest absolute Gasteiger partial charge is 0.360 e. The summed E-state index contributed by atoms with van der Waals surface area (Å²) in [7, 11) is 0. The van der Waals surface area contributed by atoms with Crippen LogP contribution in [0.5, 0.6) is 0 Å². The number of rotatable bonds is 2. The van der Waals surface area contributed by atoms with Crippen LogP contribution in [0.1, 0.15) is 23.6 Å². The van der Waals surface area contributed by atoms with Gasteiger partial charge in [-0.2, -0.15) is 18.4 Å². The van der Waals surface area contributed by atoms with E-state index in [2.05, 4.69) is 4.98 Å². The van der Waals surface area contributed by atoms with Crippen LogP contribution in [0.4, 0.5) is 13.2 Å². The van der Waals surface area contributed by atoms with Gasteiger partial charge in [-0.25, -0.2) is 0 Å². The molecule has 1 N–H and O–H groups in total. The largest absolute Gasteiger partial charge is 0.416 e. The summed E-state index contributed by atoms with van der Waals surface area (Å²) >= 11 is 0. The fourth-order valence-corrected chi connectivity index (χ4v) is 1.98. The maximum atomic E-state index is 12.8. The maximum Gasteiger partial charge on any atom is 0.416 e. The molecule has 1 aromatic carbocycles.